The van der Waals surface area contributed by atoms with Crippen LogP contribution in [-0.2, 0) is 12.8 Å². The summed E-state index contributed by atoms with van der Waals surface area (Å²) in [6.45, 7) is 7.33. The Labute approximate surface area is 122 Å². The average Bonchev–Trinajstić information content (AvgIpc) is 2.47. The molecular weight excluding hydrogens is 244 g/mol. The van der Waals surface area contributed by atoms with Crippen molar-refractivity contribution in [3.63, 3.8) is 0 Å². The SMILES string of the molecule is CCNC(Cc1ccc(CC)cc1)c1cccc(C)n1. The molecule has 0 saturated heterocycles. The Morgan fingerprint density at radius 1 is 1.00 bits per heavy atom. The first-order chi connectivity index (χ1) is 9.72. The highest BCUT2D eigenvalue weighted by Crippen LogP contribution is 2.17. The molecule has 0 aliphatic rings. The van der Waals surface area contributed by atoms with E-state index >= 15 is 0 Å². The first-order valence-corrected chi connectivity index (χ1v) is 7.47. The Morgan fingerprint density at radius 3 is 2.30 bits per heavy atom. The zero-order valence-electron chi connectivity index (χ0n) is 12.7. The summed E-state index contributed by atoms with van der Waals surface area (Å²) in [6, 6.07) is 15.4. The van der Waals surface area contributed by atoms with Gasteiger partial charge in [-0.15, -0.1) is 0 Å². The molecule has 1 atom stereocenters. The monoisotopic (exact) mass is 268 g/mol. The molecule has 0 saturated carbocycles. The van der Waals surface area contributed by atoms with Crippen LogP contribution in [0, 0.1) is 6.92 Å². The second-order valence-electron chi connectivity index (χ2n) is 5.19. The highest BCUT2D eigenvalue weighted by molar-refractivity contribution is 5.25. The van der Waals surface area contributed by atoms with E-state index in [2.05, 4.69) is 60.5 Å². The van der Waals surface area contributed by atoms with Gasteiger partial charge in [-0.2, -0.15) is 0 Å². The van der Waals surface area contributed by atoms with Gasteiger partial charge in [0.15, 0.2) is 0 Å². The summed E-state index contributed by atoms with van der Waals surface area (Å²) in [6.07, 6.45) is 2.07. The molecule has 20 heavy (non-hydrogen) atoms. The van der Waals surface area contributed by atoms with Crippen molar-refractivity contribution in [1.29, 1.82) is 0 Å². The van der Waals surface area contributed by atoms with Gasteiger partial charge in [-0.25, -0.2) is 0 Å². The van der Waals surface area contributed by atoms with Gasteiger partial charge in [0.05, 0.1) is 11.7 Å². The third kappa shape index (κ3) is 3.91. The molecule has 0 aliphatic carbocycles. The van der Waals surface area contributed by atoms with Crippen molar-refractivity contribution in [2.24, 2.45) is 0 Å². The molecule has 0 spiro atoms. The maximum absolute atomic E-state index is 4.66. The maximum Gasteiger partial charge on any atom is 0.0579 e. The molecule has 0 radical (unpaired) electrons. The zero-order valence-corrected chi connectivity index (χ0v) is 12.7. The molecule has 1 aromatic heterocycles. The quantitative estimate of drug-likeness (QED) is 0.861. The number of hydrogen-bond acceptors (Lipinski definition) is 2. The Kier molecular flexibility index (Phi) is 5.31. The van der Waals surface area contributed by atoms with Crippen molar-refractivity contribution in [2.45, 2.75) is 39.7 Å². The van der Waals surface area contributed by atoms with Crippen molar-refractivity contribution < 1.29 is 0 Å². The molecule has 2 rings (SSSR count). The molecule has 106 valence electrons. The van der Waals surface area contributed by atoms with Gasteiger partial charge in [0.2, 0.25) is 0 Å². The highest BCUT2D eigenvalue weighted by Gasteiger charge is 2.12. The molecule has 1 N–H and O–H groups in total. The fourth-order valence-corrected chi connectivity index (χ4v) is 2.43. The minimum atomic E-state index is 0.285. The number of aromatic nitrogens is 1. The molecule has 0 bridgehead atoms. The summed E-state index contributed by atoms with van der Waals surface area (Å²) >= 11 is 0. The molecule has 0 amide bonds. The lowest BCUT2D eigenvalue weighted by atomic mass is 10.0. The molecule has 2 nitrogen and oxygen atoms in total. The number of hydrogen-bond donors (Lipinski definition) is 1. The van der Waals surface area contributed by atoms with Crippen LogP contribution in [0.4, 0.5) is 0 Å². The minimum Gasteiger partial charge on any atom is -0.309 e. The minimum absolute atomic E-state index is 0.285. The van der Waals surface area contributed by atoms with E-state index in [9.17, 15) is 0 Å². The summed E-state index contributed by atoms with van der Waals surface area (Å²) in [5.74, 6) is 0. The van der Waals surface area contributed by atoms with Crippen molar-refractivity contribution in [2.75, 3.05) is 6.54 Å². The molecule has 0 fully saturated rings. The second-order valence-corrected chi connectivity index (χ2v) is 5.19. The lowest BCUT2D eigenvalue weighted by molar-refractivity contribution is 0.535. The number of rotatable bonds is 6. The van der Waals surface area contributed by atoms with Crippen molar-refractivity contribution in [3.05, 3.63) is 65.0 Å². The molecule has 2 aromatic rings. The van der Waals surface area contributed by atoms with E-state index in [0.717, 1.165) is 30.8 Å². The van der Waals surface area contributed by atoms with Crippen LogP contribution in [0.5, 0.6) is 0 Å². The van der Waals surface area contributed by atoms with Gasteiger partial charge in [0, 0.05) is 5.69 Å². The summed E-state index contributed by atoms with van der Waals surface area (Å²) in [4.78, 5) is 4.66. The largest absolute Gasteiger partial charge is 0.309 e. The first kappa shape index (κ1) is 14.7. The predicted octanol–water partition coefficient (Wildman–Crippen LogP) is 3.85. The number of benzene rings is 1. The molecule has 0 aliphatic heterocycles. The number of nitrogens with one attached hydrogen (secondary N) is 1. The first-order valence-electron chi connectivity index (χ1n) is 7.47. The summed E-state index contributed by atoms with van der Waals surface area (Å²) < 4.78 is 0. The summed E-state index contributed by atoms with van der Waals surface area (Å²) in [7, 11) is 0. The van der Waals surface area contributed by atoms with E-state index in [4.69, 9.17) is 0 Å². The molecule has 1 unspecified atom stereocenters. The zero-order chi connectivity index (χ0) is 14.4. The van der Waals surface area contributed by atoms with Gasteiger partial charge in [-0.1, -0.05) is 44.2 Å². The molecule has 2 heteroatoms. The van der Waals surface area contributed by atoms with Crippen molar-refractivity contribution >= 4 is 0 Å². The van der Waals surface area contributed by atoms with Gasteiger partial charge < -0.3 is 5.32 Å². The van der Waals surface area contributed by atoms with E-state index in [1.165, 1.54) is 11.1 Å². The van der Waals surface area contributed by atoms with Crippen LogP contribution in [0.1, 0.15) is 42.4 Å². The third-order valence-corrected chi connectivity index (χ3v) is 3.59. The van der Waals surface area contributed by atoms with E-state index < -0.39 is 0 Å². The van der Waals surface area contributed by atoms with E-state index in [1.54, 1.807) is 0 Å². The van der Waals surface area contributed by atoms with E-state index in [-0.39, 0.29) is 6.04 Å². The van der Waals surface area contributed by atoms with Crippen LogP contribution in [0.25, 0.3) is 0 Å². The number of likely N-dealkylation sites (N-methyl/N-ethyl adjacent to an activating group) is 1. The van der Waals surface area contributed by atoms with Gasteiger partial charge in [-0.3, -0.25) is 4.98 Å². The second kappa shape index (κ2) is 7.20. The Morgan fingerprint density at radius 2 is 1.70 bits per heavy atom. The van der Waals surface area contributed by atoms with Gasteiger partial charge in [0.1, 0.15) is 0 Å². The fraction of sp³-hybridized carbons (Fsp3) is 0.389. The van der Waals surface area contributed by atoms with Crippen LogP contribution in [0.2, 0.25) is 0 Å². The van der Waals surface area contributed by atoms with Gasteiger partial charge >= 0.3 is 0 Å². The number of nitrogens with zero attached hydrogens (tertiary/aromatic N) is 1. The Balaban J connectivity index is 2.16. The average molecular weight is 268 g/mol. The van der Waals surface area contributed by atoms with Crippen LogP contribution in [0.3, 0.4) is 0 Å². The third-order valence-electron chi connectivity index (χ3n) is 3.59. The summed E-state index contributed by atoms with van der Waals surface area (Å²) in [5, 5.41) is 3.54. The van der Waals surface area contributed by atoms with Gasteiger partial charge in [-0.05, 0) is 49.6 Å². The lowest BCUT2D eigenvalue weighted by Gasteiger charge is -2.18. The molecular formula is C18H24N2. The van der Waals surface area contributed by atoms with E-state index in [0.29, 0.717) is 0 Å². The summed E-state index contributed by atoms with van der Waals surface area (Å²) in [5.41, 5.74) is 4.96. The number of pyridine rings is 1. The van der Waals surface area contributed by atoms with Crippen LogP contribution in [0.15, 0.2) is 42.5 Å². The standard InChI is InChI=1S/C18H24N2/c1-4-15-9-11-16(12-10-15)13-18(19-5-2)17-8-6-7-14(3)20-17/h6-12,18-19H,4-5,13H2,1-3H3. The van der Waals surface area contributed by atoms with Gasteiger partial charge in [0.25, 0.3) is 0 Å². The van der Waals surface area contributed by atoms with Crippen LogP contribution >= 0.6 is 0 Å². The topological polar surface area (TPSA) is 24.9 Å². The Bertz CT molecular complexity index is 531. The fourth-order valence-electron chi connectivity index (χ4n) is 2.43. The van der Waals surface area contributed by atoms with Crippen LogP contribution < -0.4 is 5.32 Å². The Hall–Kier alpha value is -1.67. The number of aryl methyl sites for hydroxylation is 2. The normalized spacial score (nSPS) is 12.3. The highest BCUT2D eigenvalue weighted by atomic mass is 14.9. The maximum atomic E-state index is 4.66. The predicted molar refractivity (Wildman–Crippen MR) is 84.9 cm³/mol. The molecule has 1 heterocycles. The van der Waals surface area contributed by atoms with Crippen LogP contribution in [-0.4, -0.2) is 11.5 Å². The van der Waals surface area contributed by atoms with E-state index in [1.807, 2.05) is 13.0 Å². The van der Waals surface area contributed by atoms with Crippen molar-refractivity contribution in [1.82, 2.24) is 10.3 Å². The van der Waals surface area contributed by atoms with Crippen molar-refractivity contribution in [3.8, 4) is 0 Å². The lowest BCUT2D eigenvalue weighted by Crippen LogP contribution is -2.24. The smallest absolute Gasteiger partial charge is 0.0579 e. The molecule has 1 aromatic carbocycles.